The summed E-state index contributed by atoms with van der Waals surface area (Å²) in [5.74, 6) is -0.123. The maximum atomic E-state index is 11.8. The Hall–Kier alpha value is -2.04. The van der Waals surface area contributed by atoms with E-state index in [1.54, 1.807) is 19.1 Å². The summed E-state index contributed by atoms with van der Waals surface area (Å²) in [5.41, 5.74) is 0.920. The maximum Gasteiger partial charge on any atom is 0.338 e. The van der Waals surface area contributed by atoms with Crippen molar-refractivity contribution in [3.63, 3.8) is 0 Å². The van der Waals surface area contributed by atoms with Crippen LogP contribution in [-0.2, 0) is 9.53 Å². The van der Waals surface area contributed by atoms with Crippen LogP contribution in [0.1, 0.15) is 48.5 Å². The van der Waals surface area contributed by atoms with Gasteiger partial charge in [0.1, 0.15) is 5.75 Å². The fraction of sp³-hybridized carbons (Fsp3) is 0.529. The van der Waals surface area contributed by atoms with Crippen LogP contribution in [0.15, 0.2) is 18.2 Å². The van der Waals surface area contributed by atoms with E-state index in [0.29, 0.717) is 5.56 Å². The molecule has 0 bridgehead atoms. The van der Waals surface area contributed by atoms with Crippen LogP contribution in [0.5, 0.6) is 5.75 Å². The lowest BCUT2D eigenvalue weighted by Gasteiger charge is -2.26. The van der Waals surface area contributed by atoms with Crippen molar-refractivity contribution >= 4 is 11.9 Å². The Morgan fingerprint density at radius 1 is 1.27 bits per heavy atom. The third-order valence-electron chi connectivity index (χ3n) is 4.16. The zero-order valence-corrected chi connectivity index (χ0v) is 13.1. The molecule has 1 aliphatic rings. The van der Waals surface area contributed by atoms with Crippen LogP contribution < -0.4 is 5.32 Å². The second-order valence-corrected chi connectivity index (χ2v) is 6.10. The van der Waals surface area contributed by atoms with Crippen LogP contribution in [0.25, 0.3) is 0 Å². The number of hydrogen-bond donors (Lipinski definition) is 2. The van der Waals surface area contributed by atoms with Crippen LogP contribution in [-0.4, -0.2) is 29.6 Å². The Kier molecular flexibility index (Phi) is 5.41. The van der Waals surface area contributed by atoms with Crippen molar-refractivity contribution in [2.24, 2.45) is 5.92 Å². The number of nitrogens with one attached hydrogen (secondary N) is 1. The molecule has 1 aromatic rings. The molecule has 120 valence electrons. The van der Waals surface area contributed by atoms with Gasteiger partial charge in [0.15, 0.2) is 6.61 Å². The van der Waals surface area contributed by atoms with Gasteiger partial charge >= 0.3 is 5.97 Å². The number of phenolic OH excluding ortho intramolecular Hbond substituents is 1. The summed E-state index contributed by atoms with van der Waals surface area (Å²) in [4.78, 5) is 23.6. The highest BCUT2D eigenvalue weighted by Crippen LogP contribution is 2.23. The van der Waals surface area contributed by atoms with Gasteiger partial charge in [-0.25, -0.2) is 4.79 Å². The lowest BCUT2D eigenvalue weighted by molar-refractivity contribution is -0.125. The summed E-state index contributed by atoms with van der Waals surface area (Å²) in [6, 6.07) is 4.73. The van der Waals surface area contributed by atoms with Crippen LogP contribution in [0.3, 0.4) is 0 Å². The Bertz CT molecular complexity index is 548. The van der Waals surface area contributed by atoms with Crippen LogP contribution in [0.4, 0.5) is 0 Å². The highest BCUT2D eigenvalue weighted by Gasteiger charge is 2.20. The van der Waals surface area contributed by atoms with Crippen LogP contribution in [0.2, 0.25) is 0 Å². The van der Waals surface area contributed by atoms with Gasteiger partial charge < -0.3 is 15.2 Å². The quantitative estimate of drug-likeness (QED) is 0.838. The predicted octanol–water partition coefficient (Wildman–Crippen LogP) is 2.55. The molecule has 0 radical (unpaired) electrons. The molecule has 1 aliphatic carbocycles. The van der Waals surface area contributed by atoms with Gasteiger partial charge in [-0.2, -0.15) is 0 Å². The van der Waals surface area contributed by atoms with Gasteiger partial charge in [-0.05, 0) is 56.2 Å². The van der Waals surface area contributed by atoms with E-state index in [1.807, 2.05) is 0 Å². The van der Waals surface area contributed by atoms with E-state index >= 15 is 0 Å². The molecule has 1 amide bonds. The number of aryl methyl sites for hydroxylation is 1. The number of esters is 1. The van der Waals surface area contributed by atoms with Crippen molar-refractivity contribution in [1.82, 2.24) is 5.32 Å². The first-order valence-corrected chi connectivity index (χ1v) is 7.72. The summed E-state index contributed by atoms with van der Waals surface area (Å²) in [6.07, 6.45) is 4.19. The topological polar surface area (TPSA) is 75.6 Å². The Morgan fingerprint density at radius 2 is 1.95 bits per heavy atom. The van der Waals surface area contributed by atoms with Gasteiger partial charge in [0.05, 0.1) is 5.56 Å². The molecule has 0 aliphatic heterocycles. The van der Waals surface area contributed by atoms with Crippen molar-refractivity contribution in [3.05, 3.63) is 29.3 Å². The minimum atomic E-state index is -0.609. The number of phenols is 1. The predicted molar refractivity (Wildman–Crippen MR) is 82.7 cm³/mol. The second kappa shape index (κ2) is 7.29. The minimum absolute atomic E-state index is 0.0372. The molecule has 1 aromatic carbocycles. The van der Waals surface area contributed by atoms with Gasteiger partial charge in [-0.3, -0.25) is 4.79 Å². The van der Waals surface area contributed by atoms with Gasteiger partial charge in [-0.1, -0.05) is 13.0 Å². The summed E-state index contributed by atoms with van der Waals surface area (Å²) < 4.78 is 4.99. The molecule has 5 nitrogen and oxygen atoms in total. The Balaban J connectivity index is 1.78. The number of rotatable bonds is 4. The Morgan fingerprint density at radius 3 is 2.59 bits per heavy atom. The molecule has 22 heavy (non-hydrogen) atoms. The smallest absolute Gasteiger partial charge is 0.338 e. The van der Waals surface area contributed by atoms with Gasteiger partial charge in [0, 0.05) is 6.04 Å². The van der Waals surface area contributed by atoms with E-state index < -0.39 is 5.97 Å². The lowest BCUT2D eigenvalue weighted by atomic mass is 9.87. The third kappa shape index (κ3) is 4.48. The first-order chi connectivity index (χ1) is 10.5. The van der Waals surface area contributed by atoms with Crippen molar-refractivity contribution < 1.29 is 19.4 Å². The lowest BCUT2D eigenvalue weighted by Crippen LogP contribution is -2.39. The zero-order chi connectivity index (χ0) is 16.1. The van der Waals surface area contributed by atoms with Crippen molar-refractivity contribution in [2.45, 2.75) is 45.6 Å². The van der Waals surface area contributed by atoms with Crippen molar-refractivity contribution in [3.8, 4) is 5.75 Å². The molecule has 0 unspecified atom stereocenters. The number of aromatic hydroxyl groups is 1. The normalized spacial score (nSPS) is 21.2. The van der Waals surface area contributed by atoms with E-state index in [0.717, 1.165) is 31.6 Å². The molecule has 1 saturated carbocycles. The Labute approximate surface area is 130 Å². The van der Waals surface area contributed by atoms with E-state index in [4.69, 9.17) is 4.74 Å². The van der Waals surface area contributed by atoms with E-state index in [-0.39, 0.29) is 29.9 Å². The number of benzene rings is 1. The summed E-state index contributed by atoms with van der Waals surface area (Å²) in [5, 5.41) is 12.5. The fourth-order valence-electron chi connectivity index (χ4n) is 2.62. The number of carbonyl (C=O) groups is 2. The van der Waals surface area contributed by atoms with E-state index in [9.17, 15) is 14.7 Å². The largest absolute Gasteiger partial charge is 0.508 e. The summed E-state index contributed by atoms with van der Waals surface area (Å²) >= 11 is 0. The molecule has 0 spiro atoms. The summed E-state index contributed by atoms with van der Waals surface area (Å²) in [7, 11) is 0. The van der Waals surface area contributed by atoms with Crippen molar-refractivity contribution in [2.75, 3.05) is 6.61 Å². The monoisotopic (exact) mass is 305 g/mol. The molecule has 0 aromatic heterocycles. The number of ether oxygens (including phenoxy) is 1. The third-order valence-corrected chi connectivity index (χ3v) is 4.16. The number of amides is 1. The van der Waals surface area contributed by atoms with Gasteiger partial charge in [0.25, 0.3) is 5.91 Å². The molecule has 5 heteroatoms. The molecule has 0 saturated heterocycles. The number of hydrogen-bond acceptors (Lipinski definition) is 4. The van der Waals surface area contributed by atoms with Gasteiger partial charge in [0.2, 0.25) is 0 Å². The first kappa shape index (κ1) is 16.3. The highest BCUT2D eigenvalue weighted by molar-refractivity contribution is 5.91. The minimum Gasteiger partial charge on any atom is -0.508 e. The molecular weight excluding hydrogens is 282 g/mol. The molecular formula is C17H23NO4. The standard InChI is InChI=1S/C17H23NO4/c1-11-3-7-14(8-4-11)18-16(20)10-22-17(21)13-6-5-12(2)15(19)9-13/h5-6,9,11,14,19H,3-4,7-8,10H2,1-2H3,(H,18,20). The summed E-state index contributed by atoms with van der Waals surface area (Å²) in [6.45, 7) is 3.67. The molecule has 2 rings (SSSR count). The molecule has 1 fully saturated rings. The number of carbonyl (C=O) groups excluding carboxylic acids is 2. The zero-order valence-electron chi connectivity index (χ0n) is 13.1. The van der Waals surface area contributed by atoms with Crippen LogP contribution >= 0.6 is 0 Å². The molecule has 0 heterocycles. The van der Waals surface area contributed by atoms with Crippen LogP contribution in [0, 0.1) is 12.8 Å². The van der Waals surface area contributed by atoms with E-state index in [1.165, 1.54) is 6.07 Å². The maximum absolute atomic E-state index is 11.8. The second-order valence-electron chi connectivity index (χ2n) is 6.10. The average Bonchev–Trinajstić information content (AvgIpc) is 2.50. The highest BCUT2D eigenvalue weighted by atomic mass is 16.5. The fourth-order valence-corrected chi connectivity index (χ4v) is 2.62. The first-order valence-electron chi connectivity index (χ1n) is 7.72. The van der Waals surface area contributed by atoms with Gasteiger partial charge in [-0.15, -0.1) is 0 Å². The van der Waals surface area contributed by atoms with Crippen molar-refractivity contribution in [1.29, 1.82) is 0 Å². The molecule has 0 atom stereocenters. The van der Waals surface area contributed by atoms with E-state index in [2.05, 4.69) is 12.2 Å². The SMILES string of the molecule is Cc1ccc(C(=O)OCC(=O)NC2CCC(C)CC2)cc1O. The molecule has 2 N–H and O–H groups in total. The average molecular weight is 305 g/mol.